The van der Waals surface area contributed by atoms with Gasteiger partial charge in [-0.15, -0.1) is 0 Å². The molecule has 0 radical (unpaired) electrons. The quantitative estimate of drug-likeness (QED) is 0.748. The molecule has 1 aromatic rings. The molecule has 0 saturated carbocycles. The highest BCUT2D eigenvalue weighted by atomic mass is 16.5. The number of nitrogens with two attached hydrogens (primary N) is 1. The number of hydrogen-bond acceptors (Lipinski definition) is 3. The first-order valence-corrected chi connectivity index (χ1v) is 5.85. The number of nitrogens with zero attached hydrogens (tertiary/aromatic N) is 1. The summed E-state index contributed by atoms with van der Waals surface area (Å²) < 4.78 is 5.42. The smallest absolute Gasteiger partial charge is 0.256 e. The molecule has 92 valence electrons. The lowest BCUT2D eigenvalue weighted by molar-refractivity contribution is -0.0123. The number of ether oxygens (including phenoxy) is 1. The zero-order valence-corrected chi connectivity index (χ0v) is 10.3. The second-order valence-corrected chi connectivity index (χ2v) is 4.52. The zero-order chi connectivity index (χ0) is 12.4. The number of carbonyl (C=O) groups is 1. The Bertz CT molecular complexity index is 431. The molecule has 1 aliphatic rings. The van der Waals surface area contributed by atoms with Crippen molar-refractivity contribution in [2.75, 3.05) is 25.4 Å². The summed E-state index contributed by atoms with van der Waals surface area (Å²) in [5.41, 5.74) is 8.04. The molecule has 0 spiro atoms. The minimum atomic E-state index is 0.00125. The lowest BCUT2D eigenvalue weighted by atomic mass is 10.1. The average molecular weight is 234 g/mol. The summed E-state index contributed by atoms with van der Waals surface area (Å²) in [4.78, 5) is 14.1. The van der Waals surface area contributed by atoms with Gasteiger partial charge in [-0.2, -0.15) is 0 Å². The average Bonchev–Trinajstić information content (AvgIpc) is 2.31. The summed E-state index contributed by atoms with van der Waals surface area (Å²) in [6.07, 6.45) is 0.0960. The molecule has 1 fully saturated rings. The molecule has 2 N–H and O–H groups in total. The minimum absolute atomic E-state index is 0.00125. The molecule has 0 bridgehead atoms. The minimum Gasteiger partial charge on any atom is -0.398 e. The van der Waals surface area contributed by atoms with Crippen LogP contribution in [0.4, 0.5) is 5.69 Å². The third-order valence-corrected chi connectivity index (χ3v) is 2.97. The number of nitrogen functional groups attached to an aromatic ring is 1. The van der Waals surface area contributed by atoms with Gasteiger partial charge in [-0.1, -0.05) is 11.6 Å². The van der Waals surface area contributed by atoms with Crippen LogP contribution >= 0.6 is 0 Å². The van der Waals surface area contributed by atoms with Crippen LogP contribution in [0, 0.1) is 6.92 Å². The van der Waals surface area contributed by atoms with Gasteiger partial charge < -0.3 is 15.4 Å². The molecular formula is C13H18N2O2. The van der Waals surface area contributed by atoms with E-state index in [0.717, 1.165) is 5.56 Å². The van der Waals surface area contributed by atoms with Crippen molar-refractivity contribution in [3.63, 3.8) is 0 Å². The second-order valence-electron chi connectivity index (χ2n) is 4.52. The first kappa shape index (κ1) is 11.9. The molecular weight excluding hydrogens is 216 g/mol. The first-order chi connectivity index (χ1) is 8.08. The van der Waals surface area contributed by atoms with E-state index < -0.39 is 0 Å². The van der Waals surface area contributed by atoms with Gasteiger partial charge in [-0.05, 0) is 26.0 Å². The standard InChI is InChI=1S/C13H18N2O2/c1-9-3-4-12(14)11(7-9)13(16)15-5-6-17-10(2)8-15/h3-4,7,10H,5-6,8,14H2,1-2H3. The summed E-state index contributed by atoms with van der Waals surface area (Å²) in [5.74, 6) is 0.00125. The number of carbonyl (C=O) groups excluding carboxylic acids is 1. The van der Waals surface area contributed by atoms with E-state index in [1.54, 1.807) is 11.0 Å². The van der Waals surface area contributed by atoms with Crippen molar-refractivity contribution < 1.29 is 9.53 Å². The van der Waals surface area contributed by atoms with Gasteiger partial charge >= 0.3 is 0 Å². The van der Waals surface area contributed by atoms with Crippen LogP contribution in [0.25, 0.3) is 0 Å². The highest BCUT2D eigenvalue weighted by Crippen LogP contribution is 2.17. The van der Waals surface area contributed by atoms with Crippen LogP contribution < -0.4 is 5.73 Å². The van der Waals surface area contributed by atoms with Gasteiger partial charge in [0, 0.05) is 18.8 Å². The maximum Gasteiger partial charge on any atom is 0.256 e. The van der Waals surface area contributed by atoms with Gasteiger partial charge in [-0.25, -0.2) is 0 Å². The summed E-state index contributed by atoms with van der Waals surface area (Å²) in [5, 5.41) is 0. The van der Waals surface area contributed by atoms with E-state index in [-0.39, 0.29) is 12.0 Å². The van der Waals surface area contributed by atoms with Gasteiger partial charge in [-0.3, -0.25) is 4.79 Å². The Labute approximate surface area is 101 Å². The largest absolute Gasteiger partial charge is 0.398 e. The number of benzene rings is 1. The normalized spacial score (nSPS) is 20.4. The van der Waals surface area contributed by atoms with Gasteiger partial charge in [0.05, 0.1) is 18.3 Å². The van der Waals surface area contributed by atoms with Crippen LogP contribution in [0.3, 0.4) is 0 Å². The van der Waals surface area contributed by atoms with Crippen molar-refractivity contribution in [3.8, 4) is 0 Å². The van der Waals surface area contributed by atoms with Gasteiger partial charge in [0.2, 0.25) is 0 Å². The molecule has 0 aliphatic carbocycles. The van der Waals surface area contributed by atoms with Crippen LogP contribution in [-0.2, 0) is 4.74 Å². The van der Waals surface area contributed by atoms with E-state index in [9.17, 15) is 4.79 Å². The molecule has 1 amide bonds. The first-order valence-electron chi connectivity index (χ1n) is 5.85. The number of amides is 1. The van der Waals surface area contributed by atoms with E-state index in [1.165, 1.54) is 0 Å². The number of aryl methyl sites for hydroxylation is 1. The molecule has 4 nitrogen and oxygen atoms in total. The highest BCUT2D eigenvalue weighted by molar-refractivity contribution is 5.99. The van der Waals surface area contributed by atoms with Gasteiger partial charge in [0.25, 0.3) is 5.91 Å². The molecule has 1 aromatic carbocycles. The Balaban J connectivity index is 2.21. The molecule has 17 heavy (non-hydrogen) atoms. The predicted octanol–water partition coefficient (Wildman–Crippen LogP) is 1.44. The molecule has 4 heteroatoms. The Kier molecular flexibility index (Phi) is 3.33. The summed E-state index contributed by atoms with van der Waals surface area (Å²) in [6, 6.07) is 5.54. The van der Waals surface area contributed by atoms with Crippen molar-refractivity contribution in [2.24, 2.45) is 0 Å². The fourth-order valence-corrected chi connectivity index (χ4v) is 2.03. The van der Waals surface area contributed by atoms with Crippen molar-refractivity contribution in [3.05, 3.63) is 29.3 Å². The molecule has 0 aromatic heterocycles. The molecule has 1 saturated heterocycles. The van der Waals surface area contributed by atoms with E-state index in [4.69, 9.17) is 10.5 Å². The van der Waals surface area contributed by atoms with Gasteiger partial charge in [0.1, 0.15) is 0 Å². The maximum atomic E-state index is 12.3. The van der Waals surface area contributed by atoms with Crippen molar-refractivity contribution >= 4 is 11.6 Å². The maximum absolute atomic E-state index is 12.3. The summed E-state index contributed by atoms with van der Waals surface area (Å²) >= 11 is 0. The topological polar surface area (TPSA) is 55.6 Å². The summed E-state index contributed by atoms with van der Waals surface area (Å²) in [7, 11) is 0. The van der Waals surface area contributed by atoms with Crippen LogP contribution in [0.5, 0.6) is 0 Å². The third kappa shape index (κ3) is 2.58. The molecule has 1 atom stereocenters. The SMILES string of the molecule is Cc1ccc(N)c(C(=O)N2CCOC(C)C2)c1. The fraction of sp³-hybridized carbons (Fsp3) is 0.462. The fourth-order valence-electron chi connectivity index (χ4n) is 2.03. The van der Waals surface area contributed by atoms with Crippen LogP contribution in [0.1, 0.15) is 22.8 Å². The summed E-state index contributed by atoms with van der Waals surface area (Å²) in [6.45, 7) is 5.79. The monoisotopic (exact) mass is 234 g/mol. The Hall–Kier alpha value is -1.55. The Morgan fingerprint density at radius 2 is 2.29 bits per heavy atom. The van der Waals surface area contributed by atoms with Crippen molar-refractivity contribution in [1.82, 2.24) is 4.90 Å². The number of rotatable bonds is 1. The van der Waals surface area contributed by atoms with Crippen LogP contribution in [0.15, 0.2) is 18.2 Å². The zero-order valence-electron chi connectivity index (χ0n) is 10.3. The van der Waals surface area contributed by atoms with E-state index in [1.807, 2.05) is 26.0 Å². The Morgan fingerprint density at radius 1 is 1.53 bits per heavy atom. The molecule has 1 unspecified atom stereocenters. The molecule has 1 heterocycles. The lowest BCUT2D eigenvalue weighted by Gasteiger charge is -2.31. The highest BCUT2D eigenvalue weighted by Gasteiger charge is 2.23. The van der Waals surface area contributed by atoms with Crippen LogP contribution in [-0.4, -0.2) is 36.6 Å². The third-order valence-electron chi connectivity index (χ3n) is 2.97. The van der Waals surface area contributed by atoms with E-state index in [0.29, 0.717) is 30.9 Å². The van der Waals surface area contributed by atoms with E-state index >= 15 is 0 Å². The van der Waals surface area contributed by atoms with Gasteiger partial charge in [0.15, 0.2) is 0 Å². The number of morpholine rings is 1. The van der Waals surface area contributed by atoms with E-state index in [2.05, 4.69) is 0 Å². The number of hydrogen-bond donors (Lipinski definition) is 1. The molecule has 1 aliphatic heterocycles. The Morgan fingerprint density at radius 3 is 3.00 bits per heavy atom. The van der Waals surface area contributed by atoms with Crippen molar-refractivity contribution in [2.45, 2.75) is 20.0 Å². The number of anilines is 1. The van der Waals surface area contributed by atoms with Crippen LogP contribution in [0.2, 0.25) is 0 Å². The predicted molar refractivity (Wildman–Crippen MR) is 66.9 cm³/mol. The van der Waals surface area contributed by atoms with Crippen molar-refractivity contribution in [1.29, 1.82) is 0 Å². The molecule has 2 rings (SSSR count). The second kappa shape index (κ2) is 4.75. The lowest BCUT2D eigenvalue weighted by Crippen LogP contribution is -2.44.